The Kier molecular flexibility index (Phi) is 5.16. The molecular formula is C17H20ClN5O4. The van der Waals surface area contributed by atoms with Gasteiger partial charge in [-0.3, -0.25) is 14.9 Å². The number of nitro groups is 1. The van der Waals surface area contributed by atoms with Crippen LogP contribution in [0.5, 0.6) is 0 Å². The molecule has 9 nitrogen and oxygen atoms in total. The summed E-state index contributed by atoms with van der Waals surface area (Å²) in [7, 11) is 0. The lowest BCUT2D eigenvalue weighted by molar-refractivity contribution is -0.384. The van der Waals surface area contributed by atoms with Crippen molar-refractivity contribution in [3.63, 3.8) is 0 Å². The van der Waals surface area contributed by atoms with Crippen molar-refractivity contribution in [1.29, 1.82) is 0 Å². The molecule has 3 rings (SSSR count). The van der Waals surface area contributed by atoms with Crippen molar-refractivity contribution in [3.8, 4) is 0 Å². The second-order valence-electron chi connectivity index (χ2n) is 7.08. The van der Waals surface area contributed by atoms with Crippen molar-refractivity contribution < 1.29 is 14.2 Å². The van der Waals surface area contributed by atoms with Crippen LogP contribution < -0.4 is 11.1 Å². The zero-order valence-corrected chi connectivity index (χ0v) is 15.7. The summed E-state index contributed by atoms with van der Waals surface area (Å²) in [4.78, 5) is 27.3. The fourth-order valence-electron chi connectivity index (χ4n) is 2.88. The summed E-state index contributed by atoms with van der Waals surface area (Å²) >= 11 is 6.03. The van der Waals surface area contributed by atoms with Crippen LogP contribution in [-0.4, -0.2) is 21.0 Å². The number of nitro benzene ring substituents is 1. The molecule has 1 aliphatic rings. The molecule has 1 unspecified atom stereocenters. The van der Waals surface area contributed by atoms with Crippen LogP contribution in [0, 0.1) is 16.0 Å². The second kappa shape index (κ2) is 7.24. The van der Waals surface area contributed by atoms with E-state index in [1.54, 1.807) is 0 Å². The van der Waals surface area contributed by atoms with Gasteiger partial charge in [0.05, 0.1) is 21.0 Å². The molecule has 1 aromatic heterocycles. The van der Waals surface area contributed by atoms with Gasteiger partial charge >= 0.3 is 0 Å². The van der Waals surface area contributed by atoms with E-state index in [9.17, 15) is 14.9 Å². The smallest absolute Gasteiger partial charge is 0.270 e. The predicted octanol–water partition coefficient (Wildman–Crippen LogP) is 3.10. The minimum absolute atomic E-state index is 0.00852. The molecule has 1 atom stereocenters. The van der Waals surface area contributed by atoms with Gasteiger partial charge in [0.25, 0.3) is 11.6 Å². The lowest BCUT2D eigenvalue weighted by Gasteiger charge is -2.34. The van der Waals surface area contributed by atoms with Crippen LogP contribution in [0.25, 0.3) is 0 Å². The van der Waals surface area contributed by atoms with Gasteiger partial charge in [-0.05, 0) is 31.2 Å². The molecule has 1 saturated carbocycles. The van der Waals surface area contributed by atoms with Crippen LogP contribution >= 0.6 is 11.6 Å². The Morgan fingerprint density at radius 1 is 1.44 bits per heavy atom. The summed E-state index contributed by atoms with van der Waals surface area (Å²) in [6.45, 7) is 3.79. The Labute approximate surface area is 160 Å². The average molecular weight is 394 g/mol. The molecule has 10 heteroatoms. The van der Waals surface area contributed by atoms with E-state index >= 15 is 0 Å². The van der Waals surface area contributed by atoms with Gasteiger partial charge in [0.2, 0.25) is 5.89 Å². The highest BCUT2D eigenvalue weighted by Gasteiger charge is 2.40. The summed E-state index contributed by atoms with van der Waals surface area (Å²) in [5, 5.41) is 17.6. The number of carbonyl (C=O) groups is 1. The summed E-state index contributed by atoms with van der Waals surface area (Å²) < 4.78 is 5.35. The molecule has 0 radical (unpaired) electrons. The molecule has 0 aliphatic heterocycles. The molecule has 0 bridgehead atoms. The van der Waals surface area contributed by atoms with Gasteiger partial charge in [-0.2, -0.15) is 4.98 Å². The van der Waals surface area contributed by atoms with Crippen LogP contribution in [0.4, 0.5) is 5.69 Å². The normalized spacial score (nSPS) is 16.6. The first-order valence-electron chi connectivity index (χ1n) is 8.59. The Morgan fingerprint density at radius 3 is 2.67 bits per heavy atom. The SMILES string of the molecule is CC(C)C(NC(=O)c1ccc([N+](=O)[O-])cc1Cl)c1nc(C2(N)CCC2)no1. The quantitative estimate of drug-likeness (QED) is 0.568. The number of benzene rings is 1. The van der Waals surface area contributed by atoms with Crippen molar-refractivity contribution in [2.24, 2.45) is 11.7 Å². The molecule has 3 N–H and O–H groups in total. The topological polar surface area (TPSA) is 137 Å². The van der Waals surface area contributed by atoms with Gasteiger partial charge < -0.3 is 15.6 Å². The number of aromatic nitrogens is 2. The number of hydrogen-bond donors (Lipinski definition) is 2. The molecule has 1 aromatic carbocycles. The van der Waals surface area contributed by atoms with Crippen LogP contribution in [-0.2, 0) is 5.54 Å². The summed E-state index contributed by atoms with van der Waals surface area (Å²) in [6, 6.07) is 3.13. The maximum Gasteiger partial charge on any atom is 0.270 e. The maximum absolute atomic E-state index is 12.6. The number of nitrogens with zero attached hydrogens (tertiary/aromatic N) is 3. The van der Waals surface area contributed by atoms with Crippen molar-refractivity contribution in [1.82, 2.24) is 15.5 Å². The summed E-state index contributed by atoms with van der Waals surface area (Å²) in [6.07, 6.45) is 2.61. The van der Waals surface area contributed by atoms with E-state index in [4.69, 9.17) is 21.9 Å². The van der Waals surface area contributed by atoms with Crippen LogP contribution in [0.3, 0.4) is 0 Å². The molecule has 1 aliphatic carbocycles. The van der Waals surface area contributed by atoms with E-state index in [0.717, 1.165) is 25.3 Å². The molecule has 1 heterocycles. The van der Waals surface area contributed by atoms with Gasteiger partial charge in [0, 0.05) is 12.1 Å². The van der Waals surface area contributed by atoms with Gasteiger partial charge in [-0.25, -0.2) is 0 Å². The third-order valence-corrected chi connectivity index (χ3v) is 5.07. The number of nitrogens with one attached hydrogen (secondary N) is 1. The van der Waals surface area contributed by atoms with Crippen molar-refractivity contribution in [3.05, 3.63) is 50.6 Å². The van der Waals surface area contributed by atoms with Crippen LogP contribution in [0.15, 0.2) is 22.7 Å². The Hall–Kier alpha value is -2.52. The summed E-state index contributed by atoms with van der Waals surface area (Å²) in [5.41, 5.74) is 5.60. The summed E-state index contributed by atoms with van der Waals surface area (Å²) in [5.74, 6) is 0.175. The molecular weight excluding hydrogens is 374 g/mol. The molecule has 1 amide bonds. The third-order valence-electron chi connectivity index (χ3n) is 4.76. The number of non-ortho nitro benzene ring substituents is 1. The number of hydrogen-bond acceptors (Lipinski definition) is 7. The first-order valence-corrected chi connectivity index (χ1v) is 8.97. The van der Waals surface area contributed by atoms with Crippen molar-refractivity contribution >= 4 is 23.2 Å². The number of halogens is 1. The highest BCUT2D eigenvalue weighted by atomic mass is 35.5. The number of rotatable bonds is 6. The maximum atomic E-state index is 12.6. The monoisotopic (exact) mass is 393 g/mol. The van der Waals surface area contributed by atoms with E-state index in [2.05, 4.69) is 15.5 Å². The van der Waals surface area contributed by atoms with Crippen molar-refractivity contribution in [2.75, 3.05) is 0 Å². The molecule has 1 fully saturated rings. The van der Waals surface area contributed by atoms with Gasteiger partial charge in [0.15, 0.2) is 5.82 Å². The molecule has 0 spiro atoms. The molecule has 144 valence electrons. The zero-order chi connectivity index (χ0) is 19.8. The Balaban J connectivity index is 1.80. The fourth-order valence-corrected chi connectivity index (χ4v) is 3.14. The Morgan fingerprint density at radius 2 is 2.15 bits per heavy atom. The van der Waals surface area contributed by atoms with Gasteiger partial charge in [0.1, 0.15) is 6.04 Å². The molecule has 0 saturated heterocycles. The highest BCUT2D eigenvalue weighted by Crippen LogP contribution is 2.37. The van der Waals surface area contributed by atoms with E-state index in [-0.39, 0.29) is 28.1 Å². The molecule has 27 heavy (non-hydrogen) atoms. The third kappa shape index (κ3) is 3.79. The second-order valence-corrected chi connectivity index (χ2v) is 7.49. The lowest BCUT2D eigenvalue weighted by Crippen LogP contribution is -2.44. The van der Waals surface area contributed by atoms with E-state index in [0.29, 0.717) is 5.82 Å². The zero-order valence-electron chi connectivity index (χ0n) is 14.9. The molecule has 2 aromatic rings. The van der Waals surface area contributed by atoms with Crippen LogP contribution in [0.2, 0.25) is 5.02 Å². The van der Waals surface area contributed by atoms with Gasteiger partial charge in [-0.15, -0.1) is 0 Å². The first kappa shape index (κ1) is 19.2. The minimum Gasteiger partial charge on any atom is -0.340 e. The Bertz CT molecular complexity index is 878. The minimum atomic E-state index is -0.576. The number of carbonyl (C=O) groups excluding carboxylic acids is 1. The van der Waals surface area contributed by atoms with E-state index < -0.39 is 22.4 Å². The number of amides is 1. The fraction of sp³-hybridized carbons (Fsp3) is 0.471. The van der Waals surface area contributed by atoms with Crippen LogP contribution in [0.1, 0.15) is 61.2 Å². The first-order chi connectivity index (χ1) is 12.7. The number of nitrogens with two attached hydrogens (primary N) is 1. The average Bonchev–Trinajstić information content (AvgIpc) is 3.06. The lowest BCUT2D eigenvalue weighted by atomic mass is 9.77. The van der Waals surface area contributed by atoms with Gasteiger partial charge in [-0.1, -0.05) is 30.6 Å². The van der Waals surface area contributed by atoms with Crippen molar-refractivity contribution in [2.45, 2.75) is 44.7 Å². The standard InChI is InChI=1S/C17H20ClN5O4/c1-9(2)13(15-21-16(22-27-15)17(19)6-3-7-17)20-14(24)11-5-4-10(23(25)26)8-12(11)18/h4-5,8-9,13H,3,6-7,19H2,1-2H3,(H,20,24). The largest absolute Gasteiger partial charge is 0.340 e. The predicted molar refractivity (Wildman–Crippen MR) is 97.2 cm³/mol. The van der Waals surface area contributed by atoms with E-state index in [1.165, 1.54) is 12.1 Å². The van der Waals surface area contributed by atoms with E-state index in [1.807, 2.05) is 13.8 Å². The highest BCUT2D eigenvalue weighted by molar-refractivity contribution is 6.34.